The summed E-state index contributed by atoms with van der Waals surface area (Å²) in [5.41, 5.74) is 1.74. The molecule has 0 aliphatic carbocycles. The summed E-state index contributed by atoms with van der Waals surface area (Å²) in [6.07, 6.45) is 0. The summed E-state index contributed by atoms with van der Waals surface area (Å²) in [5, 5.41) is 21.5. The third-order valence-corrected chi connectivity index (χ3v) is 4.98. The molecule has 27 heavy (non-hydrogen) atoms. The van der Waals surface area contributed by atoms with Crippen molar-refractivity contribution in [2.24, 2.45) is 0 Å². The predicted octanol–water partition coefficient (Wildman–Crippen LogP) is 4.22. The van der Waals surface area contributed by atoms with Gasteiger partial charge in [0.2, 0.25) is 5.91 Å². The van der Waals surface area contributed by atoms with Crippen LogP contribution in [0.4, 0.5) is 5.69 Å². The van der Waals surface area contributed by atoms with Gasteiger partial charge in [0.1, 0.15) is 6.07 Å². The topological polar surface area (TPSA) is 83.6 Å². The quantitative estimate of drug-likeness (QED) is 0.629. The molecule has 3 aromatic rings. The molecule has 0 atom stereocenters. The van der Waals surface area contributed by atoms with Crippen molar-refractivity contribution in [1.82, 2.24) is 14.8 Å². The summed E-state index contributed by atoms with van der Waals surface area (Å²) in [5.74, 6) is 0.665. The molecule has 0 bridgehead atoms. The van der Waals surface area contributed by atoms with Crippen LogP contribution in [0.25, 0.3) is 11.4 Å². The second-order valence-corrected chi connectivity index (χ2v) is 6.93. The van der Waals surface area contributed by atoms with Gasteiger partial charge in [0.05, 0.1) is 17.0 Å². The minimum Gasteiger partial charge on any atom is -0.324 e. The van der Waals surface area contributed by atoms with Crippen molar-refractivity contribution in [3.05, 3.63) is 59.1 Å². The third-order valence-electron chi connectivity index (χ3n) is 3.77. The highest BCUT2D eigenvalue weighted by Gasteiger charge is 2.15. The summed E-state index contributed by atoms with van der Waals surface area (Å²) >= 11 is 7.24. The van der Waals surface area contributed by atoms with E-state index < -0.39 is 0 Å². The Morgan fingerprint density at radius 3 is 2.74 bits per heavy atom. The maximum Gasteiger partial charge on any atom is 0.234 e. The van der Waals surface area contributed by atoms with Crippen LogP contribution >= 0.6 is 23.4 Å². The Morgan fingerprint density at radius 2 is 2.04 bits per heavy atom. The standard InChI is InChI=1S/C19H16ClN5OS/c1-2-25-18(13-6-4-3-5-7-13)23-24-19(25)27-12-17(26)22-16-10-15(20)9-8-14(16)11-21/h3-10H,2,12H2,1H3,(H,22,26). The number of nitrogens with zero attached hydrogens (tertiary/aromatic N) is 4. The van der Waals surface area contributed by atoms with E-state index in [-0.39, 0.29) is 11.7 Å². The van der Waals surface area contributed by atoms with Crippen LogP contribution in [-0.2, 0) is 11.3 Å². The number of aromatic nitrogens is 3. The number of halogens is 1. The Labute approximate surface area is 166 Å². The Morgan fingerprint density at radius 1 is 1.26 bits per heavy atom. The zero-order chi connectivity index (χ0) is 19.2. The van der Waals surface area contributed by atoms with Gasteiger partial charge in [0.15, 0.2) is 11.0 Å². The van der Waals surface area contributed by atoms with E-state index >= 15 is 0 Å². The Balaban J connectivity index is 1.71. The van der Waals surface area contributed by atoms with E-state index in [1.807, 2.05) is 47.9 Å². The largest absolute Gasteiger partial charge is 0.324 e. The molecule has 1 amide bonds. The lowest BCUT2D eigenvalue weighted by Gasteiger charge is -2.09. The number of hydrogen-bond donors (Lipinski definition) is 1. The maximum absolute atomic E-state index is 12.3. The summed E-state index contributed by atoms with van der Waals surface area (Å²) in [6, 6.07) is 16.6. The van der Waals surface area contributed by atoms with E-state index in [1.54, 1.807) is 18.2 Å². The van der Waals surface area contributed by atoms with E-state index in [1.165, 1.54) is 11.8 Å². The van der Waals surface area contributed by atoms with Gasteiger partial charge in [-0.15, -0.1) is 10.2 Å². The molecule has 0 saturated heterocycles. The van der Waals surface area contributed by atoms with E-state index in [4.69, 9.17) is 16.9 Å². The van der Waals surface area contributed by atoms with Crippen LogP contribution in [0.15, 0.2) is 53.7 Å². The Bertz CT molecular complexity index is 997. The molecular weight excluding hydrogens is 382 g/mol. The van der Waals surface area contributed by atoms with Gasteiger partial charge in [-0.2, -0.15) is 5.26 Å². The lowest BCUT2D eigenvalue weighted by molar-refractivity contribution is -0.113. The molecule has 1 heterocycles. The normalized spacial score (nSPS) is 10.4. The molecule has 8 heteroatoms. The fourth-order valence-electron chi connectivity index (χ4n) is 2.52. The number of carbonyl (C=O) groups is 1. The molecule has 0 unspecified atom stereocenters. The molecule has 3 rings (SSSR count). The van der Waals surface area contributed by atoms with Gasteiger partial charge in [-0.05, 0) is 25.1 Å². The SMILES string of the molecule is CCn1c(SCC(=O)Nc2cc(Cl)ccc2C#N)nnc1-c1ccccc1. The predicted molar refractivity (Wildman–Crippen MR) is 107 cm³/mol. The molecule has 0 spiro atoms. The van der Waals surface area contributed by atoms with Crippen molar-refractivity contribution in [2.45, 2.75) is 18.6 Å². The fourth-order valence-corrected chi connectivity index (χ4v) is 3.49. The molecule has 2 aromatic carbocycles. The molecule has 6 nitrogen and oxygen atoms in total. The first-order valence-electron chi connectivity index (χ1n) is 8.23. The third kappa shape index (κ3) is 4.48. The smallest absolute Gasteiger partial charge is 0.234 e. The average Bonchev–Trinajstić information content (AvgIpc) is 3.10. The molecular formula is C19H16ClN5OS. The molecule has 1 aromatic heterocycles. The minimum absolute atomic E-state index is 0.143. The van der Waals surface area contributed by atoms with Crippen LogP contribution in [-0.4, -0.2) is 26.4 Å². The zero-order valence-corrected chi connectivity index (χ0v) is 16.1. The van der Waals surface area contributed by atoms with Crippen LogP contribution in [0.3, 0.4) is 0 Å². The van der Waals surface area contributed by atoms with Gasteiger partial charge in [-0.25, -0.2) is 0 Å². The van der Waals surface area contributed by atoms with Crippen molar-refractivity contribution in [3.8, 4) is 17.5 Å². The Kier molecular flexibility index (Phi) is 6.12. The van der Waals surface area contributed by atoms with E-state index in [2.05, 4.69) is 15.5 Å². The monoisotopic (exact) mass is 397 g/mol. The van der Waals surface area contributed by atoms with Crippen LogP contribution in [0.1, 0.15) is 12.5 Å². The number of benzene rings is 2. The first-order chi connectivity index (χ1) is 13.1. The molecule has 0 aliphatic heterocycles. The Hall–Kier alpha value is -2.82. The summed E-state index contributed by atoms with van der Waals surface area (Å²) in [7, 11) is 0. The van der Waals surface area contributed by atoms with Gasteiger partial charge < -0.3 is 9.88 Å². The van der Waals surface area contributed by atoms with Crippen molar-refractivity contribution in [1.29, 1.82) is 5.26 Å². The summed E-state index contributed by atoms with van der Waals surface area (Å²) in [4.78, 5) is 12.3. The second-order valence-electron chi connectivity index (χ2n) is 5.56. The fraction of sp³-hybridized carbons (Fsp3) is 0.158. The zero-order valence-electron chi connectivity index (χ0n) is 14.5. The minimum atomic E-state index is -0.245. The molecule has 0 radical (unpaired) electrons. The summed E-state index contributed by atoms with van der Waals surface area (Å²) in [6.45, 7) is 2.69. The molecule has 0 saturated carbocycles. The van der Waals surface area contributed by atoms with Gasteiger partial charge in [-0.3, -0.25) is 4.79 Å². The molecule has 0 fully saturated rings. The molecule has 1 N–H and O–H groups in total. The van der Waals surface area contributed by atoms with Crippen LogP contribution in [0.5, 0.6) is 0 Å². The molecule has 136 valence electrons. The maximum atomic E-state index is 12.3. The second kappa shape index (κ2) is 8.71. The van der Waals surface area contributed by atoms with Crippen molar-refractivity contribution >= 4 is 35.0 Å². The van der Waals surface area contributed by atoms with Gasteiger partial charge in [0, 0.05) is 17.1 Å². The number of rotatable bonds is 6. The van der Waals surface area contributed by atoms with Crippen molar-refractivity contribution in [2.75, 3.05) is 11.1 Å². The number of nitrogens with one attached hydrogen (secondary N) is 1. The van der Waals surface area contributed by atoms with Crippen molar-refractivity contribution < 1.29 is 4.79 Å². The first-order valence-corrected chi connectivity index (χ1v) is 9.59. The van der Waals surface area contributed by atoms with Gasteiger partial charge in [-0.1, -0.05) is 53.7 Å². The number of amides is 1. The van der Waals surface area contributed by atoms with Gasteiger partial charge in [0.25, 0.3) is 0 Å². The number of anilines is 1. The first kappa shape index (κ1) is 19.0. The van der Waals surface area contributed by atoms with Crippen LogP contribution in [0, 0.1) is 11.3 Å². The number of nitriles is 1. The van der Waals surface area contributed by atoms with Crippen LogP contribution in [0.2, 0.25) is 5.02 Å². The summed E-state index contributed by atoms with van der Waals surface area (Å²) < 4.78 is 1.97. The number of carbonyl (C=O) groups excluding carboxylic acids is 1. The van der Waals surface area contributed by atoms with E-state index in [0.717, 1.165) is 11.4 Å². The van der Waals surface area contributed by atoms with E-state index in [0.29, 0.717) is 28.0 Å². The van der Waals surface area contributed by atoms with Crippen molar-refractivity contribution in [3.63, 3.8) is 0 Å². The number of hydrogen-bond acceptors (Lipinski definition) is 5. The van der Waals surface area contributed by atoms with E-state index in [9.17, 15) is 4.79 Å². The lowest BCUT2D eigenvalue weighted by Crippen LogP contribution is -2.15. The highest BCUT2D eigenvalue weighted by atomic mass is 35.5. The lowest BCUT2D eigenvalue weighted by atomic mass is 10.2. The number of thioether (sulfide) groups is 1. The average molecular weight is 398 g/mol. The van der Waals surface area contributed by atoms with Crippen LogP contribution < -0.4 is 5.32 Å². The van der Waals surface area contributed by atoms with Gasteiger partial charge >= 0.3 is 0 Å². The highest BCUT2D eigenvalue weighted by Crippen LogP contribution is 2.25. The molecule has 0 aliphatic rings. The highest BCUT2D eigenvalue weighted by molar-refractivity contribution is 7.99.